The van der Waals surface area contributed by atoms with Crippen LogP contribution in [0.4, 0.5) is 0 Å². The molecule has 2 heterocycles. The van der Waals surface area contributed by atoms with Gasteiger partial charge in [-0.1, -0.05) is 30.3 Å². The summed E-state index contributed by atoms with van der Waals surface area (Å²) in [5.41, 5.74) is 5.21. The van der Waals surface area contributed by atoms with Gasteiger partial charge in [0.15, 0.2) is 0 Å². The van der Waals surface area contributed by atoms with Gasteiger partial charge in [0.25, 0.3) is 0 Å². The highest BCUT2D eigenvalue weighted by atomic mass is 16.3. The molecular weight excluding hydrogens is 386 g/mol. The van der Waals surface area contributed by atoms with E-state index in [0.717, 1.165) is 26.1 Å². The smallest absolute Gasteiger partial charge is 0.230 e. The molecule has 1 amide bonds. The van der Waals surface area contributed by atoms with Crippen molar-refractivity contribution < 1.29 is 9.90 Å². The molecule has 161 valence electrons. The summed E-state index contributed by atoms with van der Waals surface area (Å²) in [7, 11) is 2.15. The quantitative estimate of drug-likeness (QED) is 0.676. The number of phenolic OH excluding ortho intramolecular Hbond substituents is 1. The molecular formula is C26H30N3O2. The van der Waals surface area contributed by atoms with Gasteiger partial charge in [0.1, 0.15) is 5.75 Å². The van der Waals surface area contributed by atoms with Gasteiger partial charge in [-0.2, -0.15) is 0 Å². The van der Waals surface area contributed by atoms with E-state index in [2.05, 4.69) is 67.3 Å². The maximum absolute atomic E-state index is 12.9. The predicted molar refractivity (Wildman–Crippen MR) is 125 cm³/mol. The zero-order chi connectivity index (χ0) is 22.0. The Morgan fingerprint density at radius 1 is 1.26 bits per heavy atom. The SMILES string of the molecule is CCN(CC)C(=O)[C@@H]1C=C2c3cccc4[nH]cc(c34)C[C@H]2N(C)C1.Oc1c[c]ccc1. The molecule has 3 aromatic rings. The van der Waals surface area contributed by atoms with E-state index in [1.165, 1.54) is 33.7 Å². The Hall–Kier alpha value is -3.05. The number of likely N-dealkylation sites (N-methyl/N-ethyl adjacent to an activating group) is 1. The lowest BCUT2D eigenvalue weighted by Gasteiger charge is -2.40. The molecule has 2 atom stereocenters. The van der Waals surface area contributed by atoms with Gasteiger partial charge in [-0.15, -0.1) is 0 Å². The Labute approximate surface area is 184 Å². The van der Waals surface area contributed by atoms with Gasteiger partial charge in [0, 0.05) is 42.8 Å². The minimum absolute atomic E-state index is 0.0445. The van der Waals surface area contributed by atoms with Crippen LogP contribution in [0.2, 0.25) is 0 Å². The van der Waals surface area contributed by atoms with Crippen LogP contribution in [0.25, 0.3) is 16.5 Å². The topological polar surface area (TPSA) is 59.6 Å². The standard InChI is InChI=1S/C20H25N3O.C6H5O/c1-4-23(5-2)20(24)14-9-16-15-7-6-8-17-19(15)13(11-21-17)10-18(16)22(3)12-14;7-6-4-2-1-3-5-6/h6-9,11,14,18,21H,4-5,10,12H2,1-3H3;1-2,4-5,7H/t14-,18-;/m1./s1. The van der Waals surface area contributed by atoms with E-state index in [0.29, 0.717) is 6.04 Å². The molecule has 2 aliphatic rings. The second kappa shape index (κ2) is 8.98. The van der Waals surface area contributed by atoms with Crippen LogP contribution in [-0.4, -0.2) is 58.5 Å². The molecule has 0 unspecified atom stereocenters. The van der Waals surface area contributed by atoms with Crippen molar-refractivity contribution in [2.75, 3.05) is 26.7 Å². The molecule has 1 aromatic heterocycles. The summed E-state index contributed by atoms with van der Waals surface area (Å²) in [6.45, 7) is 6.47. The number of nitrogens with one attached hydrogen (secondary N) is 1. The van der Waals surface area contributed by atoms with Crippen molar-refractivity contribution in [3.05, 3.63) is 71.9 Å². The molecule has 5 rings (SSSR count). The highest BCUT2D eigenvalue weighted by Crippen LogP contribution is 2.40. The molecule has 0 saturated heterocycles. The van der Waals surface area contributed by atoms with E-state index in [4.69, 9.17) is 5.11 Å². The number of hydrogen-bond acceptors (Lipinski definition) is 3. The van der Waals surface area contributed by atoms with Gasteiger partial charge < -0.3 is 15.0 Å². The van der Waals surface area contributed by atoms with E-state index < -0.39 is 0 Å². The molecule has 0 spiro atoms. The van der Waals surface area contributed by atoms with Crippen molar-refractivity contribution in [3.63, 3.8) is 0 Å². The maximum atomic E-state index is 12.9. The summed E-state index contributed by atoms with van der Waals surface area (Å²) in [6, 6.07) is 16.1. The van der Waals surface area contributed by atoms with Gasteiger partial charge in [-0.25, -0.2) is 0 Å². The Morgan fingerprint density at radius 3 is 2.71 bits per heavy atom. The lowest BCUT2D eigenvalue weighted by molar-refractivity contribution is -0.134. The zero-order valence-electron chi connectivity index (χ0n) is 18.4. The van der Waals surface area contributed by atoms with Crippen molar-refractivity contribution in [1.29, 1.82) is 0 Å². The van der Waals surface area contributed by atoms with Crippen LogP contribution in [0.3, 0.4) is 0 Å². The number of phenols is 1. The molecule has 5 heteroatoms. The molecule has 1 aliphatic carbocycles. The van der Waals surface area contributed by atoms with Gasteiger partial charge in [-0.05, 0) is 68.3 Å². The summed E-state index contributed by atoms with van der Waals surface area (Å²) in [4.78, 5) is 20.6. The number of carbonyl (C=O) groups is 1. The first-order valence-corrected chi connectivity index (χ1v) is 11.0. The van der Waals surface area contributed by atoms with E-state index in [1.807, 2.05) is 4.90 Å². The minimum atomic E-state index is -0.0445. The number of aromatic nitrogens is 1. The average molecular weight is 417 g/mol. The fraction of sp³-hybridized carbons (Fsp3) is 0.346. The van der Waals surface area contributed by atoms with Crippen LogP contribution in [0, 0.1) is 12.0 Å². The number of carbonyl (C=O) groups excluding carboxylic acids is 1. The Morgan fingerprint density at radius 2 is 2.06 bits per heavy atom. The van der Waals surface area contributed by atoms with Crippen LogP contribution in [0.5, 0.6) is 5.75 Å². The van der Waals surface area contributed by atoms with Crippen LogP contribution in [-0.2, 0) is 11.2 Å². The number of benzene rings is 2. The fourth-order valence-corrected chi connectivity index (χ4v) is 4.76. The third kappa shape index (κ3) is 4.10. The highest BCUT2D eigenvalue weighted by molar-refractivity contribution is 5.99. The first-order chi connectivity index (χ1) is 15.0. The number of fused-ring (bicyclic) bond motifs is 2. The summed E-state index contributed by atoms with van der Waals surface area (Å²) in [6.07, 6.45) is 5.41. The number of nitrogens with zero attached hydrogens (tertiary/aromatic N) is 2. The summed E-state index contributed by atoms with van der Waals surface area (Å²) in [5, 5.41) is 9.94. The van der Waals surface area contributed by atoms with Crippen molar-refractivity contribution in [2.45, 2.75) is 26.3 Å². The van der Waals surface area contributed by atoms with Crippen LogP contribution < -0.4 is 0 Å². The van der Waals surface area contributed by atoms with E-state index in [-0.39, 0.29) is 17.6 Å². The van der Waals surface area contributed by atoms with Crippen molar-refractivity contribution in [1.82, 2.24) is 14.8 Å². The van der Waals surface area contributed by atoms with Crippen molar-refractivity contribution in [3.8, 4) is 5.75 Å². The number of aromatic amines is 1. The number of amides is 1. The van der Waals surface area contributed by atoms with Gasteiger partial charge in [0.05, 0.1) is 5.92 Å². The van der Waals surface area contributed by atoms with E-state index >= 15 is 0 Å². The Balaban J connectivity index is 0.000000282. The van der Waals surface area contributed by atoms with Gasteiger partial charge >= 0.3 is 0 Å². The third-order valence-corrected chi connectivity index (χ3v) is 6.35. The normalized spacial score (nSPS) is 19.8. The highest BCUT2D eigenvalue weighted by Gasteiger charge is 2.36. The van der Waals surface area contributed by atoms with Crippen molar-refractivity contribution in [2.24, 2.45) is 5.92 Å². The van der Waals surface area contributed by atoms with Crippen LogP contribution >= 0.6 is 0 Å². The first kappa shape index (κ1) is 21.2. The molecule has 0 bridgehead atoms. The molecule has 1 aliphatic heterocycles. The number of aromatic hydroxyl groups is 1. The number of hydrogen-bond donors (Lipinski definition) is 2. The molecule has 0 saturated carbocycles. The molecule has 0 fully saturated rings. The van der Waals surface area contributed by atoms with Crippen molar-refractivity contribution >= 4 is 22.4 Å². The number of rotatable bonds is 3. The molecule has 1 radical (unpaired) electrons. The van der Waals surface area contributed by atoms with Gasteiger partial charge in [-0.3, -0.25) is 9.69 Å². The van der Waals surface area contributed by atoms with E-state index in [1.54, 1.807) is 18.2 Å². The largest absolute Gasteiger partial charge is 0.508 e. The zero-order valence-corrected chi connectivity index (χ0v) is 18.4. The molecule has 2 N–H and O–H groups in total. The summed E-state index contributed by atoms with van der Waals surface area (Å²) < 4.78 is 0. The summed E-state index contributed by atoms with van der Waals surface area (Å²) >= 11 is 0. The molecule has 5 nitrogen and oxygen atoms in total. The molecule has 2 aromatic carbocycles. The second-order valence-electron chi connectivity index (χ2n) is 8.20. The maximum Gasteiger partial charge on any atom is 0.230 e. The fourth-order valence-electron chi connectivity index (χ4n) is 4.76. The third-order valence-electron chi connectivity index (χ3n) is 6.35. The van der Waals surface area contributed by atoms with Gasteiger partial charge in [0.2, 0.25) is 5.91 Å². The summed E-state index contributed by atoms with van der Waals surface area (Å²) in [5.74, 6) is 0.476. The lowest BCUT2D eigenvalue weighted by Crippen LogP contribution is -2.47. The monoisotopic (exact) mass is 416 g/mol. The predicted octanol–water partition coefficient (Wildman–Crippen LogP) is 4.10. The Bertz CT molecular complexity index is 1080. The number of H-pyrrole nitrogens is 1. The second-order valence-corrected chi connectivity index (χ2v) is 8.20. The van der Waals surface area contributed by atoms with E-state index in [9.17, 15) is 4.79 Å². The minimum Gasteiger partial charge on any atom is -0.508 e. The molecule has 31 heavy (non-hydrogen) atoms. The van der Waals surface area contributed by atoms with Crippen LogP contribution in [0.1, 0.15) is 25.0 Å². The lowest BCUT2D eigenvalue weighted by atomic mass is 9.79. The van der Waals surface area contributed by atoms with Crippen LogP contribution in [0.15, 0.2) is 54.7 Å². The average Bonchev–Trinajstić information content (AvgIpc) is 3.20. The Kier molecular flexibility index (Phi) is 6.14. The first-order valence-electron chi connectivity index (χ1n) is 11.0.